The van der Waals surface area contributed by atoms with Crippen molar-refractivity contribution in [1.82, 2.24) is 0 Å². The lowest BCUT2D eigenvalue weighted by molar-refractivity contribution is 0.475. The summed E-state index contributed by atoms with van der Waals surface area (Å²) >= 11 is 0. The minimum atomic E-state index is 0.363. The Labute approximate surface area is 110 Å². The topological polar surface area (TPSA) is 32.8 Å². The van der Waals surface area contributed by atoms with Gasteiger partial charge < -0.3 is 9.84 Å². The van der Waals surface area contributed by atoms with E-state index in [0.717, 1.165) is 6.42 Å². The Bertz CT molecular complexity index is 323. The minimum Gasteiger partial charge on any atom is -0.508 e. The third-order valence-corrected chi connectivity index (χ3v) is 2.89. The van der Waals surface area contributed by atoms with Crippen LogP contribution in [-0.4, -0.2) is 5.11 Å². The summed E-state index contributed by atoms with van der Waals surface area (Å²) in [6, 6.07) is 7.57. The van der Waals surface area contributed by atoms with Crippen molar-refractivity contribution in [3.8, 4) is 5.75 Å². The van der Waals surface area contributed by atoms with Gasteiger partial charge in [-0.2, -0.15) is 0 Å². The monoisotopic (exact) mass is 248 g/mol. The van der Waals surface area contributed by atoms with Gasteiger partial charge in [0.05, 0.1) is 0 Å². The molecule has 0 spiro atoms. The highest BCUT2D eigenvalue weighted by atomic mass is 16.5. The number of benzene rings is 1. The molecule has 100 valence electrons. The Hall–Kier alpha value is -1.44. The summed E-state index contributed by atoms with van der Waals surface area (Å²) in [7, 11) is 0. The van der Waals surface area contributed by atoms with Crippen molar-refractivity contribution < 1.29 is 9.84 Å². The summed E-state index contributed by atoms with van der Waals surface area (Å²) < 4.78 is 4.25. The summed E-state index contributed by atoms with van der Waals surface area (Å²) in [4.78, 5) is 0. The van der Waals surface area contributed by atoms with E-state index in [1.54, 1.807) is 24.7 Å². The number of hydrogen-bond acceptors (Lipinski definition) is 2. The van der Waals surface area contributed by atoms with Gasteiger partial charge in [0.2, 0.25) is 0 Å². The van der Waals surface area contributed by atoms with Crippen LogP contribution in [0, 0.1) is 0 Å². The second-order valence-electron chi connectivity index (χ2n) is 4.59. The van der Waals surface area contributed by atoms with Crippen LogP contribution in [-0.2, 0) is 11.2 Å². The van der Waals surface area contributed by atoms with E-state index in [1.165, 1.54) is 44.1 Å². The minimum absolute atomic E-state index is 0.363. The smallest absolute Gasteiger partial charge is 0.125 e. The molecular formula is C16H24O2. The van der Waals surface area contributed by atoms with Gasteiger partial charge >= 0.3 is 0 Å². The molecule has 1 aromatic rings. The molecule has 18 heavy (non-hydrogen) atoms. The predicted molar refractivity (Wildman–Crippen MR) is 75.4 cm³/mol. The number of unbranched alkanes of at least 4 members (excludes halogenated alkanes) is 5. The Balaban J connectivity index is 0.000000468. The lowest BCUT2D eigenvalue weighted by Crippen LogP contribution is -1.85. The van der Waals surface area contributed by atoms with Crippen LogP contribution < -0.4 is 0 Å². The number of aromatic hydroxyl groups is 1. The first-order valence-corrected chi connectivity index (χ1v) is 6.91. The van der Waals surface area contributed by atoms with Gasteiger partial charge in [0.15, 0.2) is 0 Å². The Morgan fingerprint density at radius 3 is 2.00 bits per heavy atom. The van der Waals surface area contributed by atoms with Crippen molar-refractivity contribution in [3.63, 3.8) is 0 Å². The maximum Gasteiger partial charge on any atom is 0.125 e. The van der Waals surface area contributed by atoms with E-state index in [-0.39, 0.29) is 0 Å². The average Bonchev–Trinajstić information content (AvgIpc) is 3.24. The molecule has 0 aromatic heterocycles. The highest BCUT2D eigenvalue weighted by Gasteiger charge is 1.94. The van der Waals surface area contributed by atoms with Crippen molar-refractivity contribution in [3.05, 3.63) is 42.4 Å². The normalized spacial score (nSPS) is 11.4. The molecule has 1 aliphatic rings. The van der Waals surface area contributed by atoms with Crippen molar-refractivity contribution in [1.29, 1.82) is 0 Å². The van der Waals surface area contributed by atoms with Crippen LogP contribution in [0.1, 0.15) is 51.0 Å². The number of phenolic OH excluding ortho intramolecular Hbond substituents is 1. The standard InChI is InChI=1S/C14H22O.C2H2O/c1-2-3-4-5-6-7-8-13-9-11-14(15)12-10-13;1-2-3-1/h9-12,15H,2-8H2,1H3;1-2H. The van der Waals surface area contributed by atoms with E-state index in [0.29, 0.717) is 5.75 Å². The summed E-state index contributed by atoms with van der Waals surface area (Å²) in [5.41, 5.74) is 1.34. The number of phenols is 1. The van der Waals surface area contributed by atoms with Gasteiger partial charge in [-0.05, 0) is 30.5 Å². The van der Waals surface area contributed by atoms with Crippen LogP contribution in [0.4, 0.5) is 0 Å². The summed E-state index contributed by atoms with van der Waals surface area (Å²) in [6.45, 7) is 2.25. The third kappa shape index (κ3) is 8.68. The molecule has 2 nitrogen and oxygen atoms in total. The lowest BCUT2D eigenvalue weighted by atomic mass is 10.1. The lowest BCUT2D eigenvalue weighted by Gasteiger charge is -2.02. The number of hydrogen-bond donors (Lipinski definition) is 1. The Morgan fingerprint density at radius 2 is 1.44 bits per heavy atom. The summed E-state index contributed by atoms with van der Waals surface area (Å²) in [6.07, 6.45) is 12.4. The highest BCUT2D eigenvalue weighted by Crippen LogP contribution is 2.13. The molecule has 0 fully saturated rings. The molecule has 0 atom stereocenters. The van der Waals surface area contributed by atoms with E-state index in [1.807, 2.05) is 12.1 Å². The first-order chi connectivity index (χ1) is 8.83. The first-order valence-electron chi connectivity index (χ1n) is 6.91. The van der Waals surface area contributed by atoms with Crippen LogP contribution in [0.2, 0.25) is 0 Å². The van der Waals surface area contributed by atoms with Gasteiger partial charge in [-0.15, -0.1) is 0 Å². The molecular weight excluding hydrogens is 224 g/mol. The maximum atomic E-state index is 9.13. The van der Waals surface area contributed by atoms with Crippen LogP contribution in [0.3, 0.4) is 0 Å². The average molecular weight is 248 g/mol. The molecule has 1 aliphatic heterocycles. The number of aryl methyl sites for hydroxylation is 1. The van der Waals surface area contributed by atoms with Crippen LogP contribution >= 0.6 is 0 Å². The molecule has 0 saturated carbocycles. The van der Waals surface area contributed by atoms with E-state index in [9.17, 15) is 0 Å². The van der Waals surface area contributed by atoms with Gasteiger partial charge in [0.25, 0.3) is 0 Å². The first kappa shape index (κ1) is 14.6. The fraction of sp³-hybridized carbons (Fsp3) is 0.500. The molecule has 0 saturated heterocycles. The quantitative estimate of drug-likeness (QED) is 0.704. The third-order valence-electron chi connectivity index (χ3n) is 2.89. The molecule has 0 bridgehead atoms. The number of rotatable bonds is 7. The molecule has 1 aromatic carbocycles. The predicted octanol–water partition coefficient (Wildman–Crippen LogP) is 4.78. The van der Waals surface area contributed by atoms with E-state index in [2.05, 4.69) is 11.7 Å². The Kier molecular flexibility index (Phi) is 7.78. The van der Waals surface area contributed by atoms with Crippen molar-refractivity contribution in [2.45, 2.75) is 51.9 Å². The SMILES string of the molecule is C1=CO1.CCCCCCCCc1ccc(O)cc1. The van der Waals surface area contributed by atoms with Gasteiger partial charge in [0, 0.05) is 0 Å². The zero-order valence-electron chi connectivity index (χ0n) is 11.3. The largest absolute Gasteiger partial charge is 0.508 e. The van der Waals surface area contributed by atoms with Crippen LogP contribution in [0.5, 0.6) is 5.75 Å². The Morgan fingerprint density at radius 1 is 0.889 bits per heavy atom. The second kappa shape index (κ2) is 9.58. The molecule has 2 rings (SSSR count). The molecule has 0 amide bonds. The van der Waals surface area contributed by atoms with Gasteiger partial charge in [-0.3, -0.25) is 0 Å². The zero-order valence-corrected chi connectivity index (χ0v) is 11.3. The molecule has 1 heterocycles. The summed E-state index contributed by atoms with van der Waals surface area (Å²) in [5, 5.41) is 9.13. The molecule has 0 radical (unpaired) electrons. The molecule has 0 aliphatic carbocycles. The summed E-state index contributed by atoms with van der Waals surface area (Å²) in [5.74, 6) is 0.363. The molecule has 2 heteroatoms. The maximum absolute atomic E-state index is 9.13. The van der Waals surface area contributed by atoms with E-state index in [4.69, 9.17) is 5.11 Å². The van der Waals surface area contributed by atoms with Crippen molar-refractivity contribution in [2.75, 3.05) is 0 Å². The highest BCUT2D eigenvalue weighted by molar-refractivity contribution is 5.25. The second-order valence-corrected chi connectivity index (χ2v) is 4.59. The van der Waals surface area contributed by atoms with E-state index < -0.39 is 0 Å². The fourth-order valence-electron chi connectivity index (χ4n) is 1.77. The van der Waals surface area contributed by atoms with Crippen LogP contribution in [0.15, 0.2) is 36.8 Å². The van der Waals surface area contributed by atoms with Gasteiger partial charge in [-0.1, -0.05) is 51.2 Å². The molecule has 0 unspecified atom stereocenters. The molecule has 1 N–H and O–H groups in total. The number of ether oxygens (including phenoxy) is 1. The fourth-order valence-corrected chi connectivity index (χ4v) is 1.77. The van der Waals surface area contributed by atoms with Crippen molar-refractivity contribution >= 4 is 0 Å². The zero-order chi connectivity index (χ0) is 13.1. The van der Waals surface area contributed by atoms with Gasteiger partial charge in [0.1, 0.15) is 18.3 Å². The van der Waals surface area contributed by atoms with Crippen molar-refractivity contribution in [2.24, 2.45) is 0 Å². The van der Waals surface area contributed by atoms with Crippen LogP contribution in [0.25, 0.3) is 0 Å². The van der Waals surface area contributed by atoms with Gasteiger partial charge in [-0.25, -0.2) is 0 Å². The van der Waals surface area contributed by atoms with E-state index >= 15 is 0 Å².